The fourth-order valence-electron chi connectivity index (χ4n) is 17.8. The molecule has 0 aliphatic heterocycles. The highest BCUT2D eigenvalue weighted by molar-refractivity contribution is 7.09. The molecule has 0 saturated heterocycles. The molecule has 0 spiro atoms. The first kappa shape index (κ1) is 44.3. The van der Waals surface area contributed by atoms with Crippen molar-refractivity contribution in [3.05, 3.63) is 0 Å². The third kappa shape index (κ3) is 7.85. The molecule has 8 saturated carbocycles. The average Bonchev–Trinajstić information content (AvgIpc) is 3.70. The average molecular weight is 815 g/mol. The van der Waals surface area contributed by atoms with Crippen molar-refractivity contribution in [1.82, 2.24) is 0 Å². The van der Waals surface area contributed by atoms with Crippen molar-refractivity contribution in [2.75, 3.05) is 0 Å². The number of carboxylic acid groups (broad SMARTS) is 2. The summed E-state index contributed by atoms with van der Waals surface area (Å²) in [5, 5.41) is 39.7. The van der Waals surface area contributed by atoms with E-state index >= 15 is 0 Å². The van der Waals surface area contributed by atoms with Crippen LogP contribution >= 0.6 is 9.47 Å². The van der Waals surface area contributed by atoms with Crippen molar-refractivity contribution in [3.8, 4) is 0 Å². The van der Waals surface area contributed by atoms with Crippen LogP contribution in [0.4, 0.5) is 0 Å². The number of rotatable bonds is 9. The quantitative estimate of drug-likeness (QED) is 0.171. The molecule has 326 valence electrons. The highest BCUT2D eigenvalue weighted by Gasteiger charge is 2.64. The maximum atomic E-state index is 11.2. The summed E-state index contributed by atoms with van der Waals surface area (Å²) in [7, 11) is 2.63. The minimum Gasteiger partial charge on any atom is -0.481 e. The van der Waals surface area contributed by atoms with Crippen LogP contribution in [-0.2, 0) is 14.1 Å². The SMILES string of the molecule is C[C@H](CCC(=O)O)[C@H]1CCC2[C@@H]3C(O)C[C@@H]4C[C@@H](O)CC[C@]4(C)C3CC[C@@]21C.C[C@H]1CC[C@]2(C)C3CC[C@@]4(C)C(CC[C@@H]4[C@H](C)CCC(=O)O)[C@@H]3C(OP)C[C@@H]2C1. The van der Waals surface area contributed by atoms with Crippen LogP contribution in [0.15, 0.2) is 0 Å². The molecule has 0 heterocycles. The van der Waals surface area contributed by atoms with Crippen molar-refractivity contribution in [2.45, 2.75) is 195 Å². The Morgan fingerprint density at radius 1 is 0.614 bits per heavy atom. The first-order valence-electron chi connectivity index (χ1n) is 24.0. The predicted octanol–water partition coefficient (Wildman–Crippen LogP) is 11.0. The van der Waals surface area contributed by atoms with Gasteiger partial charge in [-0.15, -0.1) is 0 Å². The Balaban J connectivity index is 0.000000174. The van der Waals surface area contributed by atoms with Crippen molar-refractivity contribution >= 4 is 21.4 Å². The summed E-state index contributed by atoms with van der Waals surface area (Å²) in [6.07, 6.45) is 21.5. The lowest BCUT2D eigenvalue weighted by Gasteiger charge is -2.63. The van der Waals surface area contributed by atoms with Gasteiger partial charge in [-0.25, -0.2) is 0 Å². The first-order chi connectivity index (χ1) is 26.9. The number of aliphatic carboxylic acids is 2. The van der Waals surface area contributed by atoms with Crippen LogP contribution in [0.2, 0.25) is 0 Å². The lowest BCUT2D eigenvalue weighted by Crippen LogP contribution is -2.58. The van der Waals surface area contributed by atoms with E-state index in [0.29, 0.717) is 76.6 Å². The monoisotopic (exact) mass is 815 g/mol. The summed E-state index contributed by atoms with van der Waals surface area (Å²) in [4.78, 5) is 22.2. The van der Waals surface area contributed by atoms with E-state index in [0.717, 1.165) is 62.2 Å². The van der Waals surface area contributed by atoms with E-state index in [2.05, 4.69) is 57.9 Å². The van der Waals surface area contributed by atoms with Gasteiger partial charge in [-0.1, -0.05) is 54.9 Å². The van der Waals surface area contributed by atoms with Gasteiger partial charge in [-0.3, -0.25) is 9.59 Å². The van der Waals surface area contributed by atoms with E-state index in [-0.39, 0.29) is 29.5 Å². The zero-order chi connectivity index (χ0) is 41.2. The molecule has 8 rings (SSSR count). The second kappa shape index (κ2) is 16.8. The number of hydrogen-bond acceptors (Lipinski definition) is 5. The van der Waals surface area contributed by atoms with E-state index in [9.17, 15) is 19.8 Å². The van der Waals surface area contributed by atoms with E-state index in [4.69, 9.17) is 14.7 Å². The van der Waals surface area contributed by atoms with Crippen LogP contribution in [0, 0.1) is 98.6 Å². The van der Waals surface area contributed by atoms with Gasteiger partial charge in [0.2, 0.25) is 0 Å². The summed E-state index contributed by atoms with van der Waals surface area (Å²) >= 11 is 0. The fourth-order valence-corrected chi connectivity index (χ4v) is 18.1. The molecule has 8 aliphatic rings. The van der Waals surface area contributed by atoms with Crippen LogP contribution in [0.5, 0.6) is 0 Å². The maximum Gasteiger partial charge on any atom is 0.303 e. The molecule has 4 N–H and O–H groups in total. The molecule has 8 heteroatoms. The Labute approximate surface area is 348 Å². The molecule has 0 radical (unpaired) electrons. The van der Waals surface area contributed by atoms with Gasteiger partial charge >= 0.3 is 11.9 Å². The molecular weight excluding hydrogens is 732 g/mol. The van der Waals surface area contributed by atoms with Crippen LogP contribution in [0.1, 0.15) is 177 Å². The highest BCUT2D eigenvalue weighted by atomic mass is 31.0. The van der Waals surface area contributed by atoms with Gasteiger partial charge in [0.25, 0.3) is 0 Å². The topological polar surface area (TPSA) is 124 Å². The molecule has 0 amide bonds. The number of hydrogen-bond donors (Lipinski definition) is 4. The van der Waals surface area contributed by atoms with Gasteiger partial charge in [-0.05, 0) is 208 Å². The first-order valence-corrected chi connectivity index (χ1v) is 24.5. The molecule has 0 aromatic rings. The second-order valence-electron chi connectivity index (χ2n) is 23.3. The smallest absolute Gasteiger partial charge is 0.303 e. The standard InChI is InChI=1S/C25H43O3P.C24H40O4/c1-15-9-11-24(3)17(13-15)14-21(28-29)23-19-7-6-18(16(2)5-8-22(26)27)25(19,4)12-10-20(23)24;1-14(4-7-21(27)28)17-5-6-18-22-19(9-11-24(17,18)3)23(2)10-8-16(25)12-15(23)13-20(22)26/h15-21,23H,5-14,29H2,1-4H3,(H,26,27);14-20,22,25-26H,4-13H2,1-3H3,(H,27,28)/t15-,16+,17-,18+,19?,20?,21?,23-,24-,25+;14-,15+,16+,17-,18?,19?,20?,22+,23+,24-/m01/s1. The van der Waals surface area contributed by atoms with E-state index in [1.54, 1.807) is 0 Å². The molecule has 7 unspecified atom stereocenters. The third-order valence-electron chi connectivity index (χ3n) is 20.9. The number of carbonyl (C=O) groups is 2. The molecule has 7 nitrogen and oxygen atoms in total. The molecule has 0 aromatic carbocycles. The molecule has 8 aliphatic carbocycles. The normalized spacial score (nSPS) is 51.0. The van der Waals surface area contributed by atoms with Gasteiger partial charge in [-0.2, -0.15) is 0 Å². The number of fused-ring (bicyclic) bond motifs is 10. The summed E-state index contributed by atoms with van der Waals surface area (Å²) in [5.41, 5.74) is 1.39. The lowest BCUT2D eigenvalue weighted by atomic mass is 9.43. The Hall–Kier alpha value is -0.750. The summed E-state index contributed by atoms with van der Waals surface area (Å²) in [6.45, 7) is 17.1. The van der Waals surface area contributed by atoms with Crippen molar-refractivity contribution in [3.63, 3.8) is 0 Å². The molecule has 8 fully saturated rings. The minimum absolute atomic E-state index is 0.179. The fraction of sp³-hybridized carbons (Fsp3) is 0.959. The highest BCUT2D eigenvalue weighted by Crippen LogP contribution is 2.70. The minimum atomic E-state index is -0.684. The zero-order valence-electron chi connectivity index (χ0n) is 37.0. The molecule has 57 heavy (non-hydrogen) atoms. The van der Waals surface area contributed by atoms with Crippen LogP contribution in [0.25, 0.3) is 0 Å². The summed E-state index contributed by atoms with van der Waals surface area (Å²) < 4.78 is 6.16. The Kier molecular flexibility index (Phi) is 13.1. The van der Waals surface area contributed by atoms with E-state index in [1.807, 2.05) is 0 Å². The number of carboxylic acids is 2. The Morgan fingerprint density at radius 3 is 1.60 bits per heavy atom. The predicted molar refractivity (Wildman–Crippen MR) is 229 cm³/mol. The number of aliphatic hydroxyl groups is 2. The Morgan fingerprint density at radius 2 is 1.07 bits per heavy atom. The van der Waals surface area contributed by atoms with Gasteiger partial charge in [0, 0.05) is 22.3 Å². The zero-order valence-corrected chi connectivity index (χ0v) is 38.1. The molecular formula is C49H83O7P. The third-order valence-corrected chi connectivity index (χ3v) is 21.2. The van der Waals surface area contributed by atoms with Crippen molar-refractivity contribution < 1.29 is 34.5 Å². The largest absolute Gasteiger partial charge is 0.481 e. The van der Waals surface area contributed by atoms with Gasteiger partial charge < -0.3 is 24.9 Å². The van der Waals surface area contributed by atoms with E-state index < -0.39 is 11.9 Å². The molecule has 21 atom stereocenters. The molecule has 0 aromatic heterocycles. The second-order valence-corrected chi connectivity index (χ2v) is 23.6. The van der Waals surface area contributed by atoms with Crippen molar-refractivity contribution in [1.29, 1.82) is 0 Å². The van der Waals surface area contributed by atoms with Crippen LogP contribution in [0.3, 0.4) is 0 Å². The maximum absolute atomic E-state index is 11.2. The van der Waals surface area contributed by atoms with Gasteiger partial charge in [0.1, 0.15) is 0 Å². The Bertz CT molecular complexity index is 1440. The van der Waals surface area contributed by atoms with Gasteiger partial charge in [0.05, 0.1) is 18.3 Å². The summed E-state index contributed by atoms with van der Waals surface area (Å²) in [5.74, 6) is 6.85. The van der Waals surface area contributed by atoms with E-state index in [1.165, 1.54) is 77.0 Å². The molecule has 0 bridgehead atoms. The number of aliphatic hydroxyl groups excluding tert-OH is 2. The van der Waals surface area contributed by atoms with Crippen LogP contribution in [-0.4, -0.2) is 50.7 Å². The van der Waals surface area contributed by atoms with Crippen molar-refractivity contribution in [2.24, 2.45) is 98.6 Å². The lowest BCUT2D eigenvalue weighted by molar-refractivity contribution is -0.174. The summed E-state index contributed by atoms with van der Waals surface area (Å²) in [6, 6.07) is 0. The van der Waals surface area contributed by atoms with Crippen LogP contribution < -0.4 is 0 Å². The van der Waals surface area contributed by atoms with Gasteiger partial charge in [0.15, 0.2) is 0 Å².